The molecule has 3 N–H and O–H groups in total. The van der Waals surface area contributed by atoms with Gasteiger partial charge in [-0.15, -0.1) is 6.58 Å². The SMILES string of the molecule is C1CCC1.C=CC(=C)C(F)(F)F.C=CCN1/C=C/C(C(=N)N)=C\C=C\CC1C(=O)N1CCC(CCCC(=O)OCC)CC1.CCC. The van der Waals surface area contributed by atoms with Crippen molar-refractivity contribution in [1.29, 1.82) is 5.41 Å². The zero-order valence-electron chi connectivity index (χ0n) is 28.3. The lowest BCUT2D eigenvalue weighted by Gasteiger charge is -2.37. The van der Waals surface area contributed by atoms with Gasteiger partial charge in [-0.3, -0.25) is 15.0 Å². The molecule has 1 amide bonds. The number of halogens is 3. The fourth-order valence-corrected chi connectivity index (χ4v) is 4.40. The number of hydrogen-bond acceptors (Lipinski definition) is 5. The minimum atomic E-state index is -4.30. The first kappa shape index (κ1) is 42.4. The van der Waals surface area contributed by atoms with E-state index in [9.17, 15) is 22.8 Å². The van der Waals surface area contributed by atoms with Crippen LogP contribution in [0.2, 0.25) is 0 Å². The van der Waals surface area contributed by atoms with Crippen molar-refractivity contribution < 1.29 is 27.5 Å². The average Bonchev–Trinajstić information content (AvgIpc) is 3.07. The molecular formula is C36H57F3N4O3. The summed E-state index contributed by atoms with van der Waals surface area (Å²) in [6.45, 7) is 18.0. The van der Waals surface area contributed by atoms with Crippen LogP contribution in [-0.4, -0.2) is 66.0 Å². The Morgan fingerprint density at radius 2 is 1.70 bits per heavy atom. The summed E-state index contributed by atoms with van der Waals surface area (Å²) in [5.41, 5.74) is 5.35. The molecule has 1 saturated heterocycles. The number of esters is 1. The van der Waals surface area contributed by atoms with Crippen LogP contribution in [0.1, 0.15) is 91.4 Å². The van der Waals surface area contributed by atoms with Gasteiger partial charge in [-0.25, -0.2) is 0 Å². The molecule has 260 valence electrons. The smallest absolute Gasteiger partial charge is 0.415 e. The molecule has 3 aliphatic rings. The fraction of sp³-hybridized carbons (Fsp3) is 0.583. The van der Waals surface area contributed by atoms with Gasteiger partial charge in [0.15, 0.2) is 0 Å². The standard InChI is InChI=1S/C24H36N4O3.C5H5F3.C4H8.C3H8/c1-3-15-27-18-14-20(23(25)26)9-5-6-10-21(27)24(30)28-16-12-19(13-17-28)8-7-11-22(29)31-4-2;1-3-4(2)5(6,7)8;1-2-4-3-1;1-3-2/h3,5-6,9,14,18-19,21H,1,4,7-8,10-13,15-17H2,2H3,(H3,25,26);3H,1-2H2;1-4H2;3H2,1-2H3/b6-5+,18-14+,20-9+;;;. The number of rotatable bonds is 10. The van der Waals surface area contributed by atoms with E-state index in [0.717, 1.165) is 38.8 Å². The number of amides is 1. The first-order chi connectivity index (χ1) is 21.9. The molecule has 0 bridgehead atoms. The van der Waals surface area contributed by atoms with Crippen molar-refractivity contribution in [2.24, 2.45) is 11.7 Å². The van der Waals surface area contributed by atoms with E-state index in [1.54, 1.807) is 18.2 Å². The van der Waals surface area contributed by atoms with Crippen molar-refractivity contribution in [3.8, 4) is 0 Å². The van der Waals surface area contributed by atoms with Crippen LogP contribution in [-0.2, 0) is 14.3 Å². The number of allylic oxidation sites excluding steroid dienone is 4. The molecule has 7 nitrogen and oxygen atoms in total. The number of ether oxygens (including phenoxy) is 1. The molecule has 0 aromatic heterocycles. The Labute approximate surface area is 275 Å². The molecule has 3 rings (SSSR count). The maximum Gasteiger partial charge on any atom is 0.415 e. The number of carbonyl (C=O) groups is 2. The highest BCUT2D eigenvalue weighted by molar-refractivity contribution is 5.97. The Morgan fingerprint density at radius 3 is 2.13 bits per heavy atom. The average molecular weight is 651 g/mol. The molecule has 1 unspecified atom stereocenters. The lowest BCUT2D eigenvalue weighted by atomic mass is 9.91. The third kappa shape index (κ3) is 18.4. The zero-order chi connectivity index (χ0) is 35.0. The molecule has 0 aromatic carbocycles. The van der Waals surface area contributed by atoms with Gasteiger partial charge in [-0.1, -0.05) is 89.5 Å². The van der Waals surface area contributed by atoms with Gasteiger partial charge in [0.05, 0.1) is 6.61 Å². The summed E-state index contributed by atoms with van der Waals surface area (Å²) in [4.78, 5) is 28.8. The van der Waals surface area contributed by atoms with E-state index < -0.39 is 11.7 Å². The molecule has 10 heteroatoms. The van der Waals surface area contributed by atoms with Crippen LogP contribution >= 0.6 is 0 Å². The van der Waals surface area contributed by atoms with Gasteiger partial charge in [0.1, 0.15) is 11.9 Å². The molecule has 0 aromatic rings. The zero-order valence-corrected chi connectivity index (χ0v) is 28.3. The van der Waals surface area contributed by atoms with Gasteiger partial charge in [-0.05, 0) is 51.0 Å². The van der Waals surface area contributed by atoms with Gasteiger partial charge >= 0.3 is 12.1 Å². The minimum absolute atomic E-state index is 0.00532. The number of nitrogens with two attached hydrogens (primary N) is 1. The van der Waals surface area contributed by atoms with E-state index in [0.29, 0.717) is 43.6 Å². The van der Waals surface area contributed by atoms with Gasteiger partial charge < -0.3 is 20.3 Å². The van der Waals surface area contributed by atoms with Crippen molar-refractivity contribution in [2.75, 3.05) is 26.2 Å². The summed E-state index contributed by atoms with van der Waals surface area (Å²) < 4.78 is 38.8. The molecule has 2 heterocycles. The summed E-state index contributed by atoms with van der Waals surface area (Å²) in [7, 11) is 0. The maximum absolute atomic E-state index is 13.4. The highest BCUT2D eigenvalue weighted by atomic mass is 19.4. The quantitative estimate of drug-likeness (QED) is 0.0813. The summed E-state index contributed by atoms with van der Waals surface area (Å²) in [6.07, 6.45) is 19.4. The summed E-state index contributed by atoms with van der Waals surface area (Å²) in [5.74, 6) is 0.535. The molecule has 1 atom stereocenters. The molecule has 2 fully saturated rings. The lowest BCUT2D eigenvalue weighted by Crippen LogP contribution is -2.49. The Hall–Kier alpha value is -3.56. The topological polar surface area (TPSA) is 99.7 Å². The lowest BCUT2D eigenvalue weighted by molar-refractivity contribution is -0.143. The Kier molecular flexibility index (Phi) is 22.7. The largest absolute Gasteiger partial charge is 0.466 e. The van der Waals surface area contributed by atoms with Crippen molar-refractivity contribution in [1.82, 2.24) is 9.80 Å². The number of carbonyl (C=O) groups excluding carboxylic acids is 2. The van der Waals surface area contributed by atoms with Crippen LogP contribution in [0.3, 0.4) is 0 Å². The number of amidine groups is 1. The molecule has 1 aliphatic carbocycles. The maximum atomic E-state index is 13.4. The predicted molar refractivity (Wildman–Crippen MR) is 183 cm³/mol. The third-order valence-corrected chi connectivity index (χ3v) is 7.39. The number of nitrogens with one attached hydrogen (secondary N) is 1. The van der Waals surface area contributed by atoms with E-state index in [-0.39, 0.29) is 23.8 Å². The summed E-state index contributed by atoms with van der Waals surface area (Å²) >= 11 is 0. The molecule has 46 heavy (non-hydrogen) atoms. The summed E-state index contributed by atoms with van der Waals surface area (Å²) in [5, 5.41) is 7.69. The molecular weight excluding hydrogens is 593 g/mol. The predicted octanol–water partition coefficient (Wildman–Crippen LogP) is 8.42. The van der Waals surface area contributed by atoms with Crippen LogP contribution in [0.5, 0.6) is 0 Å². The van der Waals surface area contributed by atoms with E-state index in [4.69, 9.17) is 15.9 Å². The van der Waals surface area contributed by atoms with Crippen molar-refractivity contribution in [2.45, 2.75) is 104 Å². The Bertz CT molecular complexity index is 1030. The van der Waals surface area contributed by atoms with Crippen LogP contribution in [0.4, 0.5) is 13.2 Å². The van der Waals surface area contributed by atoms with Crippen LogP contribution < -0.4 is 5.73 Å². The van der Waals surface area contributed by atoms with E-state index in [1.165, 1.54) is 32.1 Å². The first-order valence-electron chi connectivity index (χ1n) is 16.4. The number of piperidine rings is 1. The van der Waals surface area contributed by atoms with Crippen LogP contribution in [0, 0.1) is 11.3 Å². The second-order valence-electron chi connectivity index (χ2n) is 11.3. The highest BCUT2D eigenvalue weighted by Gasteiger charge is 2.31. The number of alkyl halides is 3. The highest BCUT2D eigenvalue weighted by Crippen LogP contribution is 2.25. The first-order valence-corrected chi connectivity index (χ1v) is 16.4. The second kappa shape index (κ2) is 24.6. The summed E-state index contributed by atoms with van der Waals surface area (Å²) in [6, 6.07) is -0.314. The Morgan fingerprint density at radius 1 is 1.11 bits per heavy atom. The Balaban J connectivity index is 0.00000111. The second-order valence-corrected chi connectivity index (χ2v) is 11.3. The number of nitrogens with zero attached hydrogens (tertiary/aromatic N) is 2. The molecule has 2 aliphatic heterocycles. The molecule has 0 spiro atoms. The van der Waals surface area contributed by atoms with Gasteiger partial charge in [-0.2, -0.15) is 13.2 Å². The van der Waals surface area contributed by atoms with Gasteiger partial charge in [0.25, 0.3) is 0 Å². The number of likely N-dealkylation sites (tertiary alicyclic amines) is 1. The monoisotopic (exact) mass is 650 g/mol. The van der Waals surface area contributed by atoms with Crippen molar-refractivity contribution >= 4 is 17.7 Å². The van der Waals surface area contributed by atoms with Gasteiger partial charge in [0, 0.05) is 43.4 Å². The number of hydrogen-bond donors (Lipinski definition) is 2. The molecule has 1 saturated carbocycles. The minimum Gasteiger partial charge on any atom is -0.466 e. The van der Waals surface area contributed by atoms with Crippen LogP contribution in [0.15, 0.2) is 73.5 Å². The third-order valence-electron chi connectivity index (χ3n) is 7.39. The van der Waals surface area contributed by atoms with E-state index in [1.807, 2.05) is 35.1 Å². The molecule has 0 radical (unpaired) electrons. The van der Waals surface area contributed by atoms with Crippen molar-refractivity contribution in [3.63, 3.8) is 0 Å². The van der Waals surface area contributed by atoms with Crippen LogP contribution in [0.25, 0.3) is 0 Å². The fourth-order valence-electron chi connectivity index (χ4n) is 4.40. The van der Waals surface area contributed by atoms with E-state index in [2.05, 4.69) is 33.6 Å². The van der Waals surface area contributed by atoms with E-state index >= 15 is 0 Å². The van der Waals surface area contributed by atoms with Crippen molar-refractivity contribution in [3.05, 3.63) is 73.5 Å². The normalized spacial score (nSPS) is 20.2. The van der Waals surface area contributed by atoms with Gasteiger partial charge in [0.2, 0.25) is 5.91 Å².